The number of aryl methyl sites for hydroxylation is 1. The van der Waals surface area contributed by atoms with Gasteiger partial charge in [0, 0.05) is 0 Å². The number of carbonyl (C=O) groups is 1. The summed E-state index contributed by atoms with van der Waals surface area (Å²) in [5.74, 6) is -0.0695. The van der Waals surface area contributed by atoms with Gasteiger partial charge >= 0.3 is 0 Å². The summed E-state index contributed by atoms with van der Waals surface area (Å²) in [4.78, 5) is 11.6. The van der Waals surface area contributed by atoms with E-state index in [0.717, 1.165) is 12.0 Å². The minimum absolute atomic E-state index is 0.0915. The zero-order valence-electron chi connectivity index (χ0n) is 9.87. The van der Waals surface area contributed by atoms with Crippen molar-refractivity contribution in [3.05, 3.63) is 23.8 Å². The fourth-order valence-electron chi connectivity index (χ4n) is 1.28. The fourth-order valence-corrected chi connectivity index (χ4v) is 1.28. The van der Waals surface area contributed by atoms with E-state index < -0.39 is 0 Å². The summed E-state index contributed by atoms with van der Waals surface area (Å²) in [6.45, 7) is 3.78. The van der Waals surface area contributed by atoms with Gasteiger partial charge in [0.1, 0.15) is 5.75 Å². The number of hydrogen-bond donors (Lipinski definition) is 3. The van der Waals surface area contributed by atoms with Crippen LogP contribution in [-0.4, -0.2) is 24.1 Å². The van der Waals surface area contributed by atoms with Gasteiger partial charge in [-0.15, -0.1) is 0 Å². The van der Waals surface area contributed by atoms with E-state index in [0.29, 0.717) is 5.69 Å². The van der Waals surface area contributed by atoms with Crippen LogP contribution in [0, 0.1) is 0 Å². The first-order valence-electron chi connectivity index (χ1n) is 5.38. The summed E-state index contributed by atoms with van der Waals surface area (Å²) in [6, 6.07) is 4.94. The Morgan fingerprint density at radius 2 is 2.19 bits per heavy atom. The number of likely N-dealkylation sites (N-methyl/N-ethyl adjacent to an activating group) is 1. The second-order valence-corrected chi connectivity index (χ2v) is 3.70. The first kappa shape index (κ1) is 12.5. The van der Waals surface area contributed by atoms with Crippen molar-refractivity contribution in [2.24, 2.45) is 0 Å². The molecule has 0 saturated heterocycles. The van der Waals surface area contributed by atoms with Crippen LogP contribution in [-0.2, 0) is 11.2 Å². The summed E-state index contributed by atoms with van der Waals surface area (Å²) in [5, 5.41) is 15.1. The van der Waals surface area contributed by atoms with Crippen molar-refractivity contribution >= 4 is 11.6 Å². The molecule has 0 aliphatic heterocycles. The Morgan fingerprint density at radius 1 is 1.50 bits per heavy atom. The van der Waals surface area contributed by atoms with Gasteiger partial charge in [0.25, 0.3) is 0 Å². The van der Waals surface area contributed by atoms with Crippen molar-refractivity contribution in [2.75, 3.05) is 12.4 Å². The average molecular weight is 222 g/mol. The van der Waals surface area contributed by atoms with Crippen LogP contribution in [0.15, 0.2) is 18.2 Å². The predicted octanol–water partition coefficient (Wildman–Crippen LogP) is 1.50. The first-order valence-corrected chi connectivity index (χ1v) is 5.38. The van der Waals surface area contributed by atoms with Crippen LogP contribution in [0.1, 0.15) is 19.4 Å². The molecule has 0 spiro atoms. The molecule has 1 rings (SSSR count). The molecule has 1 aromatic carbocycles. The number of amides is 1. The molecule has 0 heterocycles. The second-order valence-electron chi connectivity index (χ2n) is 3.70. The van der Waals surface area contributed by atoms with Crippen molar-refractivity contribution in [1.82, 2.24) is 5.32 Å². The summed E-state index contributed by atoms with van der Waals surface area (Å²) in [5.41, 5.74) is 1.54. The second kappa shape index (κ2) is 5.51. The summed E-state index contributed by atoms with van der Waals surface area (Å²) >= 11 is 0. The first-order chi connectivity index (χ1) is 7.58. The van der Waals surface area contributed by atoms with Gasteiger partial charge in [0.15, 0.2) is 0 Å². The molecule has 88 valence electrons. The highest BCUT2D eigenvalue weighted by Crippen LogP contribution is 2.24. The lowest BCUT2D eigenvalue weighted by atomic mass is 10.1. The largest absolute Gasteiger partial charge is 0.506 e. The van der Waals surface area contributed by atoms with Gasteiger partial charge in [-0.2, -0.15) is 0 Å². The van der Waals surface area contributed by atoms with Gasteiger partial charge in [0.2, 0.25) is 5.91 Å². The van der Waals surface area contributed by atoms with Crippen molar-refractivity contribution in [2.45, 2.75) is 26.3 Å². The number of aromatic hydroxyl groups is 1. The van der Waals surface area contributed by atoms with E-state index in [1.54, 1.807) is 26.1 Å². The molecule has 0 bridgehead atoms. The van der Waals surface area contributed by atoms with Crippen molar-refractivity contribution in [3.63, 3.8) is 0 Å². The maximum atomic E-state index is 11.6. The van der Waals surface area contributed by atoms with Gasteiger partial charge in [-0.3, -0.25) is 4.79 Å². The fraction of sp³-hybridized carbons (Fsp3) is 0.417. The smallest absolute Gasteiger partial charge is 0.241 e. The highest BCUT2D eigenvalue weighted by Gasteiger charge is 2.12. The number of anilines is 1. The molecule has 4 nitrogen and oxygen atoms in total. The molecule has 16 heavy (non-hydrogen) atoms. The Balaban J connectivity index is 2.83. The van der Waals surface area contributed by atoms with Gasteiger partial charge in [0.05, 0.1) is 11.7 Å². The SMILES string of the molecule is CCc1ccc(O)c(NC(=O)C(C)NC)c1. The molecule has 0 aliphatic carbocycles. The lowest BCUT2D eigenvalue weighted by Gasteiger charge is -2.12. The third-order valence-corrected chi connectivity index (χ3v) is 2.55. The van der Waals surface area contributed by atoms with Crippen LogP contribution in [0.3, 0.4) is 0 Å². The Kier molecular flexibility index (Phi) is 4.31. The van der Waals surface area contributed by atoms with Gasteiger partial charge < -0.3 is 15.7 Å². The molecule has 1 atom stereocenters. The summed E-state index contributed by atoms with van der Waals surface area (Å²) < 4.78 is 0. The molecule has 0 radical (unpaired) electrons. The lowest BCUT2D eigenvalue weighted by molar-refractivity contribution is -0.117. The molecule has 0 fully saturated rings. The molecule has 3 N–H and O–H groups in total. The topological polar surface area (TPSA) is 61.4 Å². The minimum Gasteiger partial charge on any atom is -0.506 e. The van der Waals surface area contributed by atoms with Crippen LogP contribution in [0.4, 0.5) is 5.69 Å². The standard InChI is InChI=1S/C12H18N2O2/c1-4-9-5-6-11(15)10(7-9)14-12(16)8(2)13-3/h5-8,13,15H,4H2,1-3H3,(H,14,16). The van der Waals surface area contributed by atoms with Crippen LogP contribution in [0.2, 0.25) is 0 Å². The van der Waals surface area contributed by atoms with E-state index in [9.17, 15) is 9.90 Å². The summed E-state index contributed by atoms with van der Waals surface area (Å²) in [6.07, 6.45) is 0.866. The quantitative estimate of drug-likeness (QED) is 0.677. The van der Waals surface area contributed by atoms with E-state index in [2.05, 4.69) is 10.6 Å². The van der Waals surface area contributed by atoms with E-state index in [1.165, 1.54) is 0 Å². The normalized spacial score (nSPS) is 12.2. The van der Waals surface area contributed by atoms with Gasteiger partial charge in [-0.1, -0.05) is 13.0 Å². The van der Waals surface area contributed by atoms with Crippen molar-refractivity contribution in [1.29, 1.82) is 0 Å². The van der Waals surface area contributed by atoms with Crippen molar-refractivity contribution in [3.8, 4) is 5.75 Å². The van der Waals surface area contributed by atoms with Crippen LogP contribution in [0.25, 0.3) is 0 Å². The zero-order chi connectivity index (χ0) is 12.1. The molecule has 1 unspecified atom stereocenters. The van der Waals surface area contributed by atoms with Gasteiger partial charge in [-0.25, -0.2) is 0 Å². The third-order valence-electron chi connectivity index (χ3n) is 2.55. The Morgan fingerprint density at radius 3 is 2.75 bits per heavy atom. The highest BCUT2D eigenvalue weighted by atomic mass is 16.3. The van der Waals surface area contributed by atoms with Crippen molar-refractivity contribution < 1.29 is 9.90 Å². The van der Waals surface area contributed by atoms with Crippen LogP contribution in [0.5, 0.6) is 5.75 Å². The molecule has 0 saturated carbocycles. The number of carbonyl (C=O) groups excluding carboxylic acids is 1. The van der Waals surface area contributed by atoms with Gasteiger partial charge in [-0.05, 0) is 38.1 Å². The average Bonchev–Trinajstić information content (AvgIpc) is 2.30. The molecule has 0 aliphatic rings. The monoisotopic (exact) mass is 222 g/mol. The molecule has 4 heteroatoms. The third kappa shape index (κ3) is 2.97. The molecule has 1 aromatic rings. The van der Waals surface area contributed by atoms with E-state index >= 15 is 0 Å². The molecular weight excluding hydrogens is 204 g/mol. The van der Waals surface area contributed by atoms with E-state index in [1.807, 2.05) is 13.0 Å². The number of benzene rings is 1. The van der Waals surface area contributed by atoms with E-state index in [4.69, 9.17) is 0 Å². The summed E-state index contributed by atoms with van der Waals surface area (Å²) in [7, 11) is 1.71. The predicted molar refractivity (Wildman–Crippen MR) is 64.6 cm³/mol. The Bertz CT molecular complexity index is 377. The van der Waals surface area contributed by atoms with Crippen LogP contribution < -0.4 is 10.6 Å². The Labute approximate surface area is 95.7 Å². The molecular formula is C12H18N2O2. The Hall–Kier alpha value is -1.55. The maximum Gasteiger partial charge on any atom is 0.241 e. The number of phenolic OH excluding ortho intramolecular Hbond substituents is 1. The minimum atomic E-state index is -0.287. The number of hydrogen-bond acceptors (Lipinski definition) is 3. The van der Waals surface area contributed by atoms with E-state index in [-0.39, 0.29) is 17.7 Å². The number of rotatable bonds is 4. The maximum absolute atomic E-state index is 11.6. The number of nitrogens with one attached hydrogen (secondary N) is 2. The lowest BCUT2D eigenvalue weighted by Crippen LogP contribution is -2.35. The zero-order valence-corrected chi connectivity index (χ0v) is 9.87. The molecule has 1 amide bonds. The number of phenols is 1. The highest BCUT2D eigenvalue weighted by molar-refractivity contribution is 5.95. The molecule has 0 aromatic heterocycles. The van der Waals surface area contributed by atoms with Crippen LogP contribution >= 0.6 is 0 Å².